The van der Waals surface area contributed by atoms with Crippen molar-refractivity contribution in [2.75, 3.05) is 57.9 Å². The fourth-order valence-corrected chi connectivity index (χ4v) is 6.50. The Kier molecular flexibility index (Phi) is 10.2. The molecule has 2 fully saturated rings. The number of amides is 2. The first-order valence-corrected chi connectivity index (χ1v) is 15.3. The van der Waals surface area contributed by atoms with Crippen LogP contribution in [0.25, 0.3) is 11.1 Å². The summed E-state index contributed by atoms with van der Waals surface area (Å²) < 4.78 is 40.7. The van der Waals surface area contributed by atoms with E-state index in [-0.39, 0.29) is 40.2 Å². The normalized spacial score (nSPS) is 22.6. The van der Waals surface area contributed by atoms with Gasteiger partial charge in [-0.15, -0.1) is 0 Å². The van der Waals surface area contributed by atoms with Crippen molar-refractivity contribution in [3.05, 3.63) is 59.1 Å². The van der Waals surface area contributed by atoms with Crippen LogP contribution in [0.5, 0.6) is 5.75 Å². The number of aliphatic imine (C=N–C) groups is 1. The maximum atomic E-state index is 15.1. The van der Waals surface area contributed by atoms with Crippen molar-refractivity contribution in [3.63, 3.8) is 0 Å². The van der Waals surface area contributed by atoms with E-state index in [0.29, 0.717) is 48.9 Å². The summed E-state index contributed by atoms with van der Waals surface area (Å²) in [5.41, 5.74) is 1.43. The van der Waals surface area contributed by atoms with Crippen molar-refractivity contribution < 1.29 is 27.8 Å². The lowest BCUT2D eigenvalue weighted by molar-refractivity contribution is -0.130. The smallest absolute Gasteiger partial charge is 0.246 e. The average molecular weight is 630 g/mol. The molecule has 9 nitrogen and oxygen atoms in total. The van der Waals surface area contributed by atoms with Gasteiger partial charge in [0.25, 0.3) is 0 Å². The van der Waals surface area contributed by atoms with E-state index in [0.717, 1.165) is 51.8 Å². The van der Waals surface area contributed by atoms with Crippen LogP contribution >= 0.6 is 11.6 Å². The van der Waals surface area contributed by atoms with Crippen molar-refractivity contribution in [2.45, 2.75) is 44.8 Å². The molecule has 3 aliphatic heterocycles. The molecule has 1 N–H and O–H groups in total. The monoisotopic (exact) mass is 629 g/mol. The molecule has 3 heterocycles. The Bertz CT molecular complexity index is 1430. The minimum atomic E-state index is -0.773. The molecule has 0 radical (unpaired) electrons. The molecule has 0 spiro atoms. The van der Waals surface area contributed by atoms with Gasteiger partial charge in [0.1, 0.15) is 24.1 Å². The molecule has 2 aromatic carbocycles. The van der Waals surface area contributed by atoms with Crippen LogP contribution in [0, 0.1) is 11.6 Å². The first-order valence-electron chi connectivity index (χ1n) is 14.9. The van der Waals surface area contributed by atoms with E-state index in [1.54, 1.807) is 11.0 Å². The topological polar surface area (TPSA) is 86.7 Å². The van der Waals surface area contributed by atoms with E-state index in [2.05, 4.69) is 21.8 Å². The number of carbonyl (C=O) groups excluding carboxylic acids is 2. The highest BCUT2D eigenvalue weighted by Crippen LogP contribution is 2.47. The number of benzene rings is 2. The number of hydrogen-bond donors (Lipinski definition) is 1. The zero-order chi connectivity index (χ0) is 31.4. The minimum absolute atomic E-state index is 0.0785. The van der Waals surface area contributed by atoms with Crippen molar-refractivity contribution in [1.82, 2.24) is 14.7 Å². The highest BCUT2D eigenvalue weighted by molar-refractivity contribution is 6.35. The molecule has 0 aromatic heterocycles. The van der Waals surface area contributed by atoms with Crippen molar-refractivity contribution in [3.8, 4) is 16.9 Å². The quantitative estimate of drug-likeness (QED) is 0.198. The maximum Gasteiger partial charge on any atom is 0.246 e. The summed E-state index contributed by atoms with van der Waals surface area (Å²) in [6, 6.07) is 4.49. The lowest BCUT2D eigenvalue weighted by atomic mass is 9.96. The minimum Gasteiger partial charge on any atom is -0.489 e. The molecule has 236 valence electrons. The summed E-state index contributed by atoms with van der Waals surface area (Å²) in [4.78, 5) is 34.8. The highest BCUT2D eigenvalue weighted by atomic mass is 35.5. The van der Waals surface area contributed by atoms with E-state index >= 15 is 4.39 Å². The number of ether oxygens (including phenoxy) is 2. The average Bonchev–Trinajstić information content (AvgIpc) is 3.01. The van der Waals surface area contributed by atoms with E-state index in [1.807, 2.05) is 18.7 Å². The number of nitrogens with zero attached hydrogens (tertiary/aromatic N) is 4. The van der Waals surface area contributed by atoms with Gasteiger partial charge in [-0.05, 0) is 57.5 Å². The summed E-state index contributed by atoms with van der Waals surface area (Å²) in [6.07, 6.45) is 3.49. The third kappa shape index (κ3) is 6.74. The number of anilines is 1. The molecule has 0 unspecified atom stereocenters. The van der Waals surface area contributed by atoms with Gasteiger partial charge in [-0.25, -0.2) is 8.78 Å². The summed E-state index contributed by atoms with van der Waals surface area (Å²) in [6.45, 7) is 12.8. The number of nitrogens with one attached hydrogen (secondary N) is 1. The van der Waals surface area contributed by atoms with Gasteiger partial charge in [0.15, 0.2) is 5.75 Å². The molecule has 5 rings (SSSR count). The number of fused-ring (bicyclic) bond motifs is 1. The standard InChI is InChI=1S/C32H38ClF2N5O4/c1-4-28(42)39-16-21(3)40(17-20(39)2)32(36-19-41)25-15-26(33)29(24-8-7-22(34)14-27(24)35)31-30(25)37-23(18-44-31)6-5-9-38-10-12-43-13-11-38/h4,7-8,14-15,19-21,23,37H,1,5-6,9-13,16-18H2,2-3H3/b36-32+/t20-,21+,23-/m1/s1. The Morgan fingerprint density at radius 2 is 1.89 bits per heavy atom. The van der Waals surface area contributed by atoms with Crippen LogP contribution in [-0.4, -0.2) is 104 Å². The van der Waals surface area contributed by atoms with Crippen molar-refractivity contribution in [1.29, 1.82) is 0 Å². The summed E-state index contributed by atoms with van der Waals surface area (Å²) in [7, 11) is 0. The van der Waals surface area contributed by atoms with Crippen molar-refractivity contribution >= 4 is 35.4 Å². The summed E-state index contributed by atoms with van der Waals surface area (Å²) in [5.74, 6) is -0.976. The van der Waals surface area contributed by atoms with Gasteiger partial charge in [0.05, 0.1) is 30.0 Å². The molecule has 12 heteroatoms. The fourth-order valence-electron chi connectivity index (χ4n) is 6.20. The third-order valence-corrected chi connectivity index (χ3v) is 8.77. The van der Waals surface area contributed by atoms with Crippen LogP contribution in [0.1, 0.15) is 32.3 Å². The summed E-state index contributed by atoms with van der Waals surface area (Å²) in [5, 5.41) is 3.75. The van der Waals surface area contributed by atoms with Gasteiger partial charge < -0.3 is 24.6 Å². The number of hydrogen-bond acceptors (Lipinski definition) is 6. The molecular formula is C32H38ClF2N5O4. The van der Waals surface area contributed by atoms with E-state index in [4.69, 9.17) is 21.1 Å². The molecule has 2 aromatic rings. The number of halogens is 3. The van der Waals surface area contributed by atoms with E-state index in [1.165, 1.54) is 18.2 Å². The third-order valence-electron chi connectivity index (χ3n) is 8.47. The molecule has 3 aliphatic rings. The van der Waals surface area contributed by atoms with Crippen LogP contribution in [0.15, 0.2) is 41.9 Å². The number of rotatable bonds is 8. The van der Waals surface area contributed by atoms with Crippen LogP contribution in [0.3, 0.4) is 0 Å². The maximum absolute atomic E-state index is 15.1. The second-order valence-electron chi connectivity index (χ2n) is 11.5. The first-order chi connectivity index (χ1) is 21.2. The lowest BCUT2D eigenvalue weighted by Gasteiger charge is -2.45. The molecule has 44 heavy (non-hydrogen) atoms. The second kappa shape index (κ2) is 14.0. The molecule has 0 bridgehead atoms. The van der Waals surface area contributed by atoms with Gasteiger partial charge in [0, 0.05) is 61.0 Å². The SMILES string of the molecule is C=CC(=O)N1C[C@H](C)N(/C(=N/C=O)c2cc(Cl)c(-c3ccc(F)cc3F)c3c2N[C@H](CCCN2CCOCC2)CO3)C[C@H]1C. The molecule has 3 atom stereocenters. The Morgan fingerprint density at radius 1 is 1.16 bits per heavy atom. The second-order valence-corrected chi connectivity index (χ2v) is 11.9. The lowest BCUT2D eigenvalue weighted by Crippen LogP contribution is -2.59. The molecular weight excluding hydrogens is 592 g/mol. The molecule has 2 amide bonds. The van der Waals surface area contributed by atoms with E-state index in [9.17, 15) is 14.0 Å². The molecule has 0 saturated carbocycles. The number of piperazine rings is 1. The molecule has 0 aliphatic carbocycles. The van der Waals surface area contributed by atoms with Crippen LogP contribution in [-0.2, 0) is 14.3 Å². The highest BCUT2D eigenvalue weighted by Gasteiger charge is 2.36. The van der Waals surface area contributed by atoms with Gasteiger partial charge in [-0.2, -0.15) is 4.99 Å². The first kappa shape index (κ1) is 31.9. The fraction of sp³-hybridized carbons (Fsp3) is 0.469. The predicted octanol–water partition coefficient (Wildman–Crippen LogP) is 4.58. The van der Waals surface area contributed by atoms with Gasteiger partial charge in [0.2, 0.25) is 12.3 Å². The Hall–Kier alpha value is -3.54. The number of amidine groups is 1. The molecule has 2 saturated heterocycles. The Labute approximate surface area is 261 Å². The van der Waals surface area contributed by atoms with Crippen LogP contribution in [0.2, 0.25) is 5.02 Å². The predicted molar refractivity (Wildman–Crippen MR) is 166 cm³/mol. The van der Waals surface area contributed by atoms with Gasteiger partial charge in [-0.1, -0.05) is 18.2 Å². The largest absolute Gasteiger partial charge is 0.489 e. The Balaban J connectivity index is 1.52. The summed E-state index contributed by atoms with van der Waals surface area (Å²) >= 11 is 6.84. The zero-order valence-corrected chi connectivity index (χ0v) is 25.8. The van der Waals surface area contributed by atoms with E-state index < -0.39 is 11.6 Å². The van der Waals surface area contributed by atoms with Gasteiger partial charge >= 0.3 is 0 Å². The zero-order valence-electron chi connectivity index (χ0n) is 25.0. The van der Waals surface area contributed by atoms with Crippen LogP contribution < -0.4 is 10.1 Å². The Morgan fingerprint density at radius 3 is 2.59 bits per heavy atom. The van der Waals surface area contributed by atoms with Crippen molar-refractivity contribution in [2.24, 2.45) is 4.99 Å². The number of morpholine rings is 1. The van der Waals surface area contributed by atoms with Crippen LogP contribution in [0.4, 0.5) is 14.5 Å². The number of carbonyl (C=O) groups is 2. The van der Waals surface area contributed by atoms with Gasteiger partial charge in [-0.3, -0.25) is 14.5 Å².